The summed E-state index contributed by atoms with van der Waals surface area (Å²) in [6.45, 7) is 5.54. The van der Waals surface area contributed by atoms with E-state index >= 15 is 0 Å². The number of rotatable bonds is 4. The van der Waals surface area contributed by atoms with Crippen molar-refractivity contribution in [1.29, 1.82) is 0 Å². The maximum Gasteiger partial charge on any atom is 0.345 e. The first kappa shape index (κ1) is 15.9. The van der Waals surface area contributed by atoms with Gasteiger partial charge in [0.25, 0.3) is 0 Å². The largest absolute Gasteiger partial charge is 0.345 e. The number of nitrogens with zero attached hydrogens (tertiary/aromatic N) is 2. The summed E-state index contributed by atoms with van der Waals surface area (Å²) in [5, 5.41) is 0. The predicted octanol–water partition coefficient (Wildman–Crippen LogP) is 2.15. The van der Waals surface area contributed by atoms with Crippen LogP contribution < -0.4 is 5.69 Å². The van der Waals surface area contributed by atoms with Gasteiger partial charge in [0, 0.05) is 24.0 Å². The number of amides is 1. The van der Waals surface area contributed by atoms with E-state index in [1.165, 1.54) is 0 Å². The lowest BCUT2D eigenvalue weighted by atomic mass is 10.0. The molecule has 1 atom stereocenters. The molecule has 5 nitrogen and oxygen atoms in total. The second-order valence-electron chi connectivity index (χ2n) is 5.50. The van der Waals surface area contributed by atoms with Crippen molar-refractivity contribution in [2.75, 3.05) is 7.05 Å². The minimum absolute atomic E-state index is 0.00333. The lowest BCUT2D eigenvalue weighted by molar-refractivity contribution is -0.131. The van der Waals surface area contributed by atoms with Crippen LogP contribution in [0.1, 0.15) is 35.5 Å². The Hall–Kier alpha value is -2.43. The summed E-state index contributed by atoms with van der Waals surface area (Å²) in [6.07, 6.45) is 0.231. The van der Waals surface area contributed by atoms with E-state index in [0.29, 0.717) is 11.4 Å². The van der Waals surface area contributed by atoms with Crippen LogP contribution in [0.2, 0.25) is 0 Å². The van der Waals surface area contributed by atoms with Crippen molar-refractivity contribution in [3.63, 3.8) is 0 Å². The van der Waals surface area contributed by atoms with E-state index in [9.17, 15) is 9.59 Å². The minimum Gasteiger partial charge on any atom is -0.339 e. The Morgan fingerprint density at radius 1 is 1.27 bits per heavy atom. The molecule has 1 aromatic carbocycles. The van der Waals surface area contributed by atoms with Gasteiger partial charge in [-0.25, -0.2) is 4.79 Å². The summed E-state index contributed by atoms with van der Waals surface area (Å²) in [6, 6.07) is 9.88. The van der Waals surface area contributed by atoms with Crippen LogP contribution >= 0.6 is 0 Å². The quantitative estimate of drug-likeness (QED) is 0.940. The highest BCUT2D eigenvalue weighted by atomic mass is 16.2. The van der Waals surface area contributed by atoms with E-state index in [2.05, 4.69) is 9.97 Å². The molecule has 0 aliphatic carbocycles. The highest BCUT2D eigenvalue weighted by Crippen LogP contribution is 2.19. The van der Waals surface area contributed by atoms with Gasteiger partial charge in [-0.15, -0.1) is 0 Å². The molecule has 2 rings (SSSR count). The van der Waals surface area contributed by atoms with Crippen molar-refractivity contribution in [3.05, 3.63) is 63.3 Å². The second kappa shape index (κ2) is 6.56. The standard InChI is InChI=1S/C17H21N3O2/c1-11-15(12(2)19-17(22)18-11)10-16(21)20(4)13(3)14-8-6-5-7-9-14/h5-9,13H,10H2,1-4H3,(H,18,19,22)/t13-/m1/s1. The van der Waals surface area contributed by atoms with Crippen molar-refractivity contribution in [2.45, 2.75) is 33.2 Å². The molecule has 0 aliphatic heterocycles. The number of aromatic amines is 1. The summed E-state index contributed by atoms with van der Waals surface area (Å²) >= 11 is 0. The number of carbonyl (C=O) groups is 1. The predicted molar refractivity (Wildman–Crippen MR) is 85.7 cm³/mol. The molecule has 1 amide bonds. The van der Waals surface area contributed by atoms with Crippen molar-refractivity contribution >= 4 is 5.91 Å². The summed E-state index contributed by atoms with van der Waals surface area (Å²) in [5.41, 5.74) is 2.81. The van der Waals surface area contributed by atoms with Gasteiger partial charge < -0.3 is 9.88 Å². The molecule has 5 heteroatoms. The summed E-state index contributed by atoms with van der Waals surface area (Å²) < 4.78 is 0. The first-order valence-corrected chi connectivity index (χ1v) is 7.27. The van der Waals surface area contributed by atoms with Crippen molar-refractivity contribution in [1.82, 2.24) is 14.9 Å². The first-order chi connectivity index (χ1) is 10.4. The van der Waals surface area contributed by atoms with Gasteiger partial charge in [-0.1, -0.05) is 30.3 Å². The molecule has 1 N–H and O–H groups in total. The Morgan fingerprint density at radius 3 is 2.50 bits per heavy atom. The third-order valence-electron chi connectivity index (χ3n) is 4.04. The Morgan fingerprint density at radius 2 is 1.91 bits per heavy atom. The van der Waals surface area contributed by atoms with Gasteiger partial charge in [0.1, 0.15) is 0 Å². The van der Waals surface area contributed by atoms with Crippen LogP contribution in [-0.4, -0.2) is 27.8 Å². The summed E-state index contributed by atoms with van der Waals surface area (Å²) in [7, 11) is 1.80. The van der Waals surface area contributed by atoms with E-state index < -0.39 is 0 Å². The average molecular weight is 299 g/mol. The third-order valence-corrected chi connectivity index (χ3v) is 4.04. The van der Waals surface area contributed by atoms with E-state index in [1.807, 2.05) is 37.3 Å². The molecule has 0 spiro atoms. The molecule has 1 heterocycles. The molecular weight excluding hydrogens is 278 g/mol. The highest BCUT2D eigenvalue weighted by molar-refractivity contribution is 5.79. The molecule has 0 fully saturated rings. The number of hydrogen-bond donors (Lipinski definition) is 1. The minimum atomic E-state index is -0.378. The Kier molecular flexibility index (Phi) is 4.75. The molecule has 0 aliphatic rings. The zero-order valence-corrected chi connectivity index (χ0v) is 13.4. The maximum absolute atomic E-state index is 12.5. The molecule has 1 aromatic heterocycles. The SMILES string of the molecule is Cc1nc(=O)[nH]c(C)c1CC(=O)N(C)[C@H](C)c1ccccc1. The number of likely N-dealkylation sites (N-methyl/N-ethyl adjacent to an activating group) is 1. The van der Waals surface area contributed by atoms with Gasteiger partial charge >= 0.3 is 5.69 Å². The highest BCUT2D eigenvalue weighted by Gasteiger charge is 2.19. The zero-order chi connectivity index (χ0) is 16.3. The molecule has 116 valence electrons. The van der Waals surface area contributed by atoms with E-state index in [1.54, 1.807) is 25.8 Å². The van der Waals surface area contributed by atoms with E-state index in [-0.39, 0.29) is 24.1 Å². The van der Waals surface area contributed by atoms with Gasteiger partial charge in [-0.05, 0) is 26.3 Å². The zero-order valence-electron chi connectivity index (χ0n) is 13.4. The van der Waals surface area contributed by atoms with Crippen LogP contribution in [-0.2, 0) is 11.2 Å². The van der Waals surface area contributed by atoms with Crippen molar-refractivity contribution < 1.29 is 4.79 Å². The normalized spacial score (nSPS) is 12.0. The van der Waals surface area contributed by atoms with Crippen molar-refractivity contribution in [3.8, 4) is 0 Å². The Balaban J connectivity index is 2.17. The molecule has 22 heavy (non-hydrogen) atoms. The monoisotopic (exact) mass is 299 g/mol. The second-order valence-corrected chi connectivity index (χ2v) is 5.50. The number of aryl methyl sites for hydroxylation is 2. The van der Waals surface area contributed by atoms with Gasteiger partial charge in [-0.2, -0.15) is 4.98 Å². The van der Waals surface area contributed by atoms with E-state index in [4.69, 9.17) is 0 Å². The summed E-state index contributed by atoms with van der Waals surface area (Å²) in [5.74, 6) is -0.00333. The number of benzene rings is 1. The number of hydrogen-bond acceptors (Lipinski definition) is 3. The Bertz CT molecular complexity index is 696. The fraction of sp³-hybridized carbons (Fsp3) is 0.353. The van der Waals surface area contributed by atoms with Crippen LogP contribution in [0.4, 0.5) is 0 Å². The molecule has 0 bridgehead atoms. The van der Waals surface area contributed by atoms with E-state index in [0.717, 1.165) is 11.1 Å². The summed E-state index contributed by atoms with van der Waals surface area (Å²) in [4.78, 5) is 32.1. The first-order valence-electron chi connectivity index (χ1n) is 7.27. The molecule has 0 saturated carbocycles. The fourth-order valence-electron chi connectivity index (χ4n) is 2.46. The molecule has 0 saturated heterocycles. The lowest BCUT2D eigenvalue weighted by Gasteiger charge is -2.26. The van der Waals surface area contributed by atoms with Gasteiger partial charge in [0.05, 0.1) is 12.5 Å². The van der Waals surface area contributed by atoms with Crippen LogP contribution in [0.3, 0.4) is 0 Å². The van der Waals surface area contributed by atoms with Gasteiger partial charge in [-0.3, -0.25) is 4.79 Å². The maximum atomic E-state index is 12.5. The van der Waals surface area contributed by atoms with Crippen LogP contribution in [0.15, 0.2) is 35.1 Å². The number of nitrogens with one attached hydrogen (secondary N) is 1. The molecule has 2 aromatic rings. The average Bonchev–Trinajstić information content (AvgIpc) is 2.50. The van der Waals surface area contributed by atoms with Crippen LogP contribution in [0.5, 0.6) is 0 Å². The van der Waals surface area contributed by atoms with Gasteiger partial charge in [0.15, 0.2) is 0 Å². The van der Waals surface area contributed by atoms with Crippen LogP contribution in [0.25, 0.3) is 0 Å². The third kappa shape index (κ3) is 3.42. The van der Waals surface area contributed by atoms with Crippen molar-refractivity contribution in [2.24, 2.45) is 0 Å². The molecular formula is C17H21N3O2. The fourth-order valence-corrected chi connectivity index (χ4v) is 2.46. The molecule has 0 unspecified atom stereocenters. The van der Waals surface area contributed by atoms with Crippen LogP contribution in [0, 0.1) is 13.8 Å². The van der Waals surface area contributed by atoms with Gasteiger partial charge in [0.2, 0.25) is 5.91 Å². The lowest BCUT2D eigenvalue weighted by Crippen LogP contribution is -2.32. The number of carbonyl (C=O) groups excluding carboxylic acids is 1. The molecule has 0 radical (unpaired) electrons. The Labute approximate surface area is 130 Å². The number of H-pyrrole nitrogens is 1. The smallest absolute Gasteiger partial charge is 0.339 e. The number of aromatic nitrogens is 2. The topological polar surface area (TPSA) is 66.1 Å².